The average molecular weight is 409 g/mol. The Morgan fingerprint density at radius 1 is 1.30 bits per heavy atom. The molecular formula is C22H24FN5O2. The molecule has 1 fully saturated rings. The topological polar surface area (TPSA) is 84.2 Å². The van der Waals surface area contributed by atoms with Gasteiger partial charge in [-0.25, -0.2) is 9.37 Å². The van der Waals surface area contributed by atoms with E-state index in [1.807, 2.05) is 19.1 Å². The van der Waals surface area contributed by atoms with Crippen molar-refractivity contribution in [3.63, 3.8) is 0 Å². The third-order valence-corrected chi connectivity index (χ3v) is 5.30. The molecule has 1 amide bonds. The summed E-state index contributed by atoms with van der Waals surface area (Å²) >= 11 is 0. The Kier molecular flexibility index (Phi) is 6.02. The molecule has 1 N–H and O–H groups in total. The van der Waals surface area contributed by atoms with Crippen LogP contribution in [0.4, 0.5) is 10.2 Å². The molecule has 1 saturated heterocycles. The van der Waals surface area contributed by atoms with E-state index in [9.17, 15) is 9.18 Å². The van der Waals surface area contributed by atoms with Crippen LogP contribution in [-0.2, 0) is 17.8 Å². The largest absolute Gasteiger partial charge is 0.355 e. The minimum atomic E-state index is -0.312. The summed E-state index contributed by atoms with van der Waals surface area (Å²) in [6, 6.07) is 10.2. The van der Waals surface area contributed by atoms with Gasteiger partial charge in [0, 0.05) is 37.8 Å². The van der Waals surface area contributed by atoms with Gasteiger partial charge in [0.15, 0.2) is 0 Å². The van der Waals surface area contributed by atoms with Gasteiger partial charge in [-0.1, -0.05) is 30.3 Å². The lowest BCUT2D eigenvalue weighted by atomic mass is 9.96. The summed E-state index contributed by atoms with van der Waals surface area (Å²) in [7, 11) is 0. The molecule has 0 bridgehead atoms. The molecule has 4 rings (SSSR count). The van der Waals surface area contributed by atoms with Crippen LogP contribution >= 0.6 is 0 Å². The molecule has 1 aromatic carbocycles. The van der Waals surface area contributed by atoms with Crippen LogP contribution in [-0.4, -0.2) is 34.1 Å². The van der Waals surface area contributed by atoms with Crippen LogP contribution in [0.1, 0.15) is 31.2 Å². The Morgan fingerprint density at radius 2 is 2.17 bits per heavy atom. The second-order valence-corrected chi connectivity index (χ2v) is 7.33. The number of nitrogens with one attached hydrogen (secondary N) is 1. The highest BCUT2D eigenvalue weighted by Crippen LogP contribution is 2.30. The van der Waals surface area contributed by atoms with Gasteiger partial charge in [-0.05, 0) is 31.0 Å². The number of amides is 1. The molecule has 0 spiro atoms. The molecule has 1 aliphatic rings. The molecule has 0 saturated carbocycles. The molecule has 30 heavy (non-hydrogen) atoms. The van der Waals surface area contributed by atoms with Crippen molar-refractivity contribution in [2.24, 2.45) is 5.92 Å². The molecule has 1 unspecified atom stereocenters. The molecule has 1 atom stereocenters. The quantitative estimate of drug-likeness (QED) is 0.672. The Labute approximate surface area is 174 Å². The summed E-state index contributed by atoms with van der Waals surface area (Å²) in [4.78, 5) is 23.8. The second-order valence-electron chi connectivity index (χ2n) is 7.33. The number of benzene rings is 1. The van der Waals surface area contributed by atoms with Crippen molar-refractivity contribution < 1.29 is 13.7 Å². The SMILES string of the molecule is CCc1nc(-c2cccnc2N2CCCC(C(=O)NCc3ccccc3F)C2)no1. The number of aromatic nitrogens is 3. The van der Waals surface area contributed by atoms with Gasteiger partial charge in [-0.15, -0.1) is 0 Å². The fourth-order valence-electron chi connectivity index (χ4n) is 3.68. The van der Waals surface area contributed by atoms with Crippen molar-refractivity contribution in [1.29, 1.82) is 0 Å². The van der Waals surface area contributed by atoms with Gasteiger partial charge in [0.2, 0.25) is 17.6 Å². The fraction of sp³-hybridized carbons (Fsp3) is 0.364. The van der Waals surface area contributed by atoms with Gasteiger partial charge in [-0.3, -0.25) is 4.79 Å². The number of carbonyl (C=O) groups excluding carboxylic acids is 1. The molecular weight excluding hydrogens is 385 g/mol. The summed E-state index contributed by atoms with van der Waals surface area (Å²) < 4.78 is 19.1. The third-order valence-electron chi connectivity index (χ3n) is 5.30. The lowest BCUT2D eigenvalue weighted by molar-refractivity contribution is -0.125. The van der Waals surface area contributed by atoms with E-state index in [0.29, 0.717) is 30.2 Å². The lowest BCUT2D eigenvalue weighted by Gasteiger charge is -2.33. The Bertz CT molecular complexity index is 1020. The highest BCUT2D eigenvalue weighted by Gasteiger charge is 2.28. The molecule has 0 radical (unpaired) electrons. The minimum absolute atomic E-state index is 0.0757. The van der Waals surface area contributed by atoms with Gasteiger partial charge < -0.3 is 14.7 Å². The number of pyridine rings is 1. The van der Waals surface area contributed by atoms with Crippen LogP contribution in [0.3, 0.4) is 0 Å². The number of nitrogens with zero attached hydrogens (tertiary/aromatic N) is 4. The molecule has 8 heteroatoms. The van der Waals surface area contributed by atoms with Crippen LogP contribution in [0.2, 0.25) is 0 Å². The molecule has 3 aromatic rings. The predicted octanol–water partition coefficient (Wildman–Crippen LogP) is 3.37. The van der Waals surface area contributed by atoms with Crippen molar-refractivity contribution in [2.75, 3.05) is 18.0 Å². The highest BCUT2D eigenvalue weighted by atomic mass is 19.1. The Balaban J connectivity index is 1.46. The summed E-state index contributed by atoms with van der Waals surface area (Å²) in [5.74, 6) is 1.23. The molecule has 3 heterocycles. The van der Waals surface area contributed by atoms with E-state index in [0.717, 1.165) is 30.8 Å². The van der Waals surface area contributed by atoms with E-state index in [1.165, 1.54) is 6.07 Å². The predicted molar refractivity (Wildman–Crippen MR) is 110 cm³/mol. The maximum absolute atomic E-state index is 13.8. The number of hydrogen-bond donors (Lipinski definition) is 1. The zero-order chi connectivity index (χ0) is 20.9. The van der Waals surface area contributed by atoms with E-state index in [1.54, 1.807) is 24.4 Å². The zero-order valence-electron chi connectivity index (χ0n) is 16.8. The van der Waals surface area contributed by atoms with Crippen LogP contribution in [0.25, 0.3) is 11.4 Å². The van der Waals surface area contributed by atoms with Crippen molar-refractivity contribution in [3.8, 4) is 11.4 Å². The number of halogens is 1. The van der Waals surface area contributed by atoms with E-state index >= 15 is 0 Å². The Morgan fingerprint density at radius 3 is 2.97 bits per heavy atom. The number of anilines is 1. The van der Waals surface area contributed by atoms with Gasteiger partial charge in [0.25, 0.3) is 0 Å². The average Bonchev–Trinajstić information content (AvgIpc) is 3.28. The van der Waals surface area contributed by atoms with Crippen molar-refractivity contribution in [1.82, 2.24) is 20.4 Å². The Hall–Kier alpha value is -3.29. The number of rotatable bonds is 6. The normalized spacial score (nSPS) is 16.5. The van der Waals surface area contributed by atoms with Crippen LogP contribution in [0.5, 0.6) is 0 Å². The monoisotopic (exact) mass is 409 g/mol. The fourth-order valence-corrected chi connectivity index (χ4v) is 3.68. The third kappa shape index (κ3) is 4.32. The summed E-state index contributed by atoms with van der Waals surface area (Å²) in [6.45, 7) is 3.46. The standard InChI is InChI=1S/C22H24FN5O2/c1-2-19-26-20(27-30-19)17-9-5-11-24-21(17)28-12-6-8-16(14-28)22(29)25-13-15-7-3-4-10-18(15)23/h3-5,7,9-11,16H,2,6,8,12-14H2,1H3,(H,25,29). The first-order chi connectivity index (χ1) is 14.7. The van der Waals surface area contributed by atoms with E-state index < -0.39 is 0 Å². The molecule has 0 aliphatic carbocycles. The van der Waals surface area contributed by atoms with Crippen molar-refractivity contribution in [3.05, 3.63) is 59.9 Å². The molecule has 2 aromatic heterocycles. The lowest BCUT2D eigenvalue weighted by Crippen LogP contribution is -2.43. The summed E-state index contributed by atoms with van der Waals surface area (Å²) in [6.07, 6.45) is 4.03. The van der Waals surface area contributed by atoms with Gasteiger partial charge in [0.05, 0.1) is 11.5 Å². The smallest absolute Gasteiger partial charge is 0.226 e. The van der Waals surface area contributed by atoms with Crippen LogP contribution in [0, 0.1) is 11.7 Å². The first-order valence-electron chi connectivity index (χ1n) is 10.2. The van der Waals surface area contributed by atoms with Crippen molar-refractivity contribution in [2.45, 2.75) is 32.7 Å². The van der Waals surface area contributed by atoms with E-state index in [4.69, 9.17) is 4.52 Å². The van der Waals surface area contributed by atoms with Gasteiger partial charge in [-0.2, -0.15) is 4.98 Å². The number of piperidine rings is 1. The van der Waals surface area contributed by atoms with E-state index in [2.05, 4.69) is 25.3 Å². The minimum Gasteiger partial charge on any atom is -0.355 e. The first kappa shape index (κ1) is 20.0. The van der Waals surface area contributed by atoms with Crippen LogP contribution in [0.15, 0.2) is 47.1 Å². The number of aryl methyl sites for hydroxylation is 1. The molecule has 1 aliphatic heterocycles. The summed E-state index contributed by atoms with van der Waals surface area (Å²) in [5.41, 5.74) is 1.27. The number of hydrogen-bond acceptors (Lipinski definition) is 6. The molecule has 7 nitrogen and oxygen atoms in total. The maximum Gasteiger partial charge on any atom is 0.226 e. The van der Waals surface area contributed by atoms with Gasteiger partial charge >= 0.3 is 0 Å². The van der Waals surface area contributed by atoms with Gasteiger partial charge in [0.1, 0.15) is 11.6 Å². The van der Waals surface area contributed by atoms with E-state index in [-0.39, 0.29) is 24.2 Å². The first-order valence-corrected chi connectivity index (χ1v) is 10.2. The second kappa shape index (κ2) is 9.02. The number of carbonyl (C=O) groups is 1. The molecule has 156 valence electrons. The zero-order valence-corrected chi connectivity index (χ0v) is 16.8. The summed E-state index contributed by atoms with van der Waals surface area (Å²) in [5, 5.41) is 6.94. The maximum atomic E-state index is 13.8. The highest BCUT2D eigenvalue weighted by molar-refractivity contribution is 5.80. The van der Waals surface area contributed by atoms with Crippen molar-refractivity contribution >= 4 is 11.7 Å². The van der Waals surface area contributed by atoms with Crippen LogP contribution < -0.4 is 10.2 Å².